The first-order chi connectivity index (χ1) is 12.6. The van der Waals surface area contributed by atoms with E-state index in [2.05, 4.69) is 17.1 Å². The number of nitrogens with zero attached hydrogens (tertiary/aromatic N) is 2. The summed E-state index contributed by atoms with van der Waals surface area (Å²) in [5.41, 5.74) is 4.47. The fourth-order valence-electron chi connectivity index (χ4n) is 2.89. The maximum absolute atomic E-state index is 12.5. The van der Waals surface area contributed by atoms with E-state index in [1.165, 1.54) is 0 Å². The van der Waals surface area contributed by atoms with Crippen molar-refractivity contribution in [1.29, 1.82) is 0 Å². The van der Waals surface area contributed by atoms with Gasteiger partial charge in [-0.3, -0.25) is 9.89 Å². The Bertz CT molecular complexity index is 869. The lowest BCUT2D eigenvalue weighted by atomic mass is 10.1. The molecule has 0 spiro atoms. The van der Waals surface area contributed by atoms with Crippen LogP contribution in [0, 0.1) is 0 Å². The first-order valence-corrected chi connectivity index (χ1v) is 9.21. The summed E-state index contributed by atoms with van der Waals surface area (Å²) in [6, 6.07) is 17.2. The number of hydrogen-bond donors (Lipinski definition) is 1. The second-order valence-electron chi connectivity index (χ2n) is 6.14. The number of carbonyl (C=O) groups excluding carboxylic acids is 1. The number of rotatable bonds is 6. The molecule has 1 amide bonds. The minimum absolute atomic E-state index is 0.0739. The topological polar surface area (TPSA) is 49.0 Å². The molecule has 3 aromatic rings. The predicted octanol–water partition coefficient (Wildman–Crippen LogP) is 5.27. The number of hydrogen-bond acceptors (Lipinski definition) is 2. The Morgan fingerprint density at radius 3 is 2.31 bits per heavy atom. The van der Waals surface area contributed by atoms with Crippen LogP contribution in [0.5, 0.6) is 0 Å². The van der Waals surface area contributed by atoms with Crippen LogP contribution in [0.15, 0.2) is 54.6 Å². The van der Waals surface area contributed by atoms with Gasteiger partial charge in [0.2, 0.25) is 0 Å². The molecule has 26 heavy (non-hydrogen) atoms. The SMILES string of the molecule is CCCN(CC)C(=O)c1ccc(-c2cc(-c3ccc(Cl)cc3)[nH]n2)cc1. The van der Waals surface area contributed by atoms with Crippen LogP contribution in [0.25, 0.3) is 22.5 Å². The highest BCUT2D eigenvalue weighted by Gasteiger charge is 2.13. The summed E-state index contributed by atoms with van der Waals surface area (Å²) in [4.78, 5) is 14.4. The molecule has 2 aromatic carbocycles. The molecule has 0 fully saturated rings. The van der Waals surface area contributed by atoms with Gasteiger partial charge in [-0.25, -0.2) is 0 Å². The Morgan fingerprint density at radius 2 is 1.69 bits per heavy atom. The van der Waals surface area contributed by atoms with Crippen LogP contribution < -0.4 is 0 Å². The molecule has 0 saturated carbocycles. The molecule has 0 unspecified atom stereocenters. The highest BCUT2D eigenvalue weighted by atomic mass is 35.5. The number of aromatic amines is 1. The van der Waals surface area contributed by atoms with Crippen molar-refractivity contribution >= 4 is 17.5 Å². The normalized spacial score (nSPS) is 10.7. The Kier molecular flexibility index (Phi) is 5.74. The van der Waals surface area contributed by atoms with Crippen LogP contribution in [0.3, 0.4) is 0 Å². The van der Waals surface area contributed by atoms with E-state index in [0.717, 1.165) is 42.0 Å². The summed E-state index contributed by atoms with van der Waals surface area (Å²) in [7, 11) is 0. The largest absolute Gasteiger partial charge is 0.339 e. The van der Waals surface area contributed by atoms with Crippen LogP contribution in [0.2, 0.25) is 5.02 Å². The van der Waals surface area contributed by atoms with E-state index in [4.69, 9.17) is 11.6 Å². The lowest BCUT2D eigenvalue weighted by Gasteiger charge is -2.20. The van der Waals surface area contributed by atoms with E-state index in [9.17, 15) is 4.79 Å². The Hall–Kier alpha value is -2.59. The molecule has 0 aliphatic rings. The van der Waals surface area contributed by atoms with Gasteiger partial charge in [0.05, 0.1) is 11.4 Å². The molecule has 0 aliphatic heterocycles. The van der Waals surface area contributed by atoms with Crippen LogP contribution in [0.1, 0.15) is 30.6 Å². The standard InChI is InChI=1S/C21H22ClN3O/c1-3-13-25(4-2)21(26)17-7-5-15(6-8-17)19-14-20(24-23-19)16-9-11-18(22)12-10-16/h5-12,14H,3-4,13H2,1-2H3,(H,23,24). The van der Waals surface area contributed by atoms with Gasteiger partial charge in [-0.1, -0.05) is 42.8 Å². The molecule has 0 saturated heterocycles. The number of amides is 1. The maximum atomic E-state index is 12.5. The summed E-state index contributed by atoms with van der Waals surface area (Å²) in [5.74, 6) is 0.0739. The fraction of sp³-hybridized carbons (Fsp3) is 0.238. The van der Waals surface area contributed by atoms with Gasteiger partial charge in [-0.15, -0.1) is 0 Å². The van der Waals surface area contributed by atoms with Gasteiger partial charge in [0.1, 0.15) is 0 Å². The third kappa shape index (κ3) is 3.97. The highest BCUT2D eigenvalue weighted by Crippen LogP contribution is 2.25. The minimum Gasteiger partial charge on any atom is -0.339 e. The summed E-state index contributed by atoms with van der Waals surface area (Å²) >= 11 is 5.94. The Morgan fingerprint density at radius 1 is 1.04 bits per heavy atom. The molecule has 1 N–H and O–H groups in total. The van der Waals surface area contributed by atoms with Crippen LogP contribution in [-0.2, 0) is 0 Å². The van der Waals surface area contributed by atoms with Gasteiger partial charge in [0.15, 0.2) is 0 Å². The van der Waals surface area contributed by atoms with Crippen molar-refractivity contribution in [3.05, 3.63) is 65.2 Å². The van der Waals surface area contributed by atoms with E-state index in [-0.39, 0.29) is 5.91 Å². The summed E-state index contributed by atoms with van der Waals surface area (Å²) in [6.45, 7) is 5.58. The van der Waals surface area contributed by atoms with Gasteiger partial charge < -0.3 is 4.90 Å². The van der Waals surface area contributed by atoms with Crippen molar-refractivity contribution in [2.75, 3.05) is 13.1 Å². The zero-order valence-corrected chi connectivity index (χ0v) is 15.8. The van der Waals surface area contributed by atoms with Gasteiger partial charge >= 0.3 is 0 Å². The van der Waals surface area contributed by atoms with Crippen LogP contribution in [0.4, 0.5) is 0 Å². The van der Waals surface area contributed by atoms with Gasteiger partial charge in [0, 0.05) is 29.2 Å². The van der Waals surface area contributed by atoms with E-state index in [1.807, 2.05) is 66.4 Å². The highest BCUT2D eigenvalue weighted by molar-refractivity contribution is 6.30. The van der Waals surface area contributed by atoms with E-state index in [1.54, 1.807) is 0 Å². The Labute approximate surface area is 158 Å². The number of halogens is 1. The smallest absolute Gasteiger partial charge is 0.253 e. The van der Waals surface area contributed by atoms with E-state index < -0.39 is 0 Å². The predicted molar refractivity (Wildman–Crippen MR) is 106 cm³/mol. The molecule has 0 atom stereocenters. The molecular weight excluding hydrogens is 346 g/mol. The number of carbonyl (C=O) groups is 1. The number of H-pyrrole nitrogens is 1. The molecular formula is C21H22ClN3O. The third-order valence-electron chi connectivity index (χ3n) is 4.32. The minimum atomic E-state index is 0.0739. The zero-order valence-electron chi connectivity index (χ0n) is 15.0. The molecule has 1 aromatic heterocycles. The summed E-state index contributed by atoms with van der Waals surface area (Å²) in [6.07, 6.45) is 0.957. The van der Waals surface area contributed by atoms with Crippen LogP contribution in [-0.4, -0.2) is 34.1 Å². The Balaban J connectivity index is 1.79. The molecule has 3 rings (SSSR count). The molecule has 0 bridgehead atoms. The fourth-order valence-corrected chi connectivity index (χ4v) is 3.01. The van der Waals surface area contributed by atoms with Crippen molar-refractivity contribution in [3.63, 3.8) is 0 Å². The molecule has 0 radical (unpaired) electrons. The molecule has 1 heterocycles. The van der Waals surface area contributed by atoms with Gasteiger partial charge in [0.25, 0.3) is 5.91 Å². The van der Waals surface area contributed by atoms with Crippen molar-refractivity contribution in [1.82, 2.24) is 15.1 Å². The first-order valence-electron chi connectivity index (χ1n) is 8.83. The first kappa shape index (κ1) is 18.2. The number of benzene rings is 2. The lowest BCUT2D eigenvalue weighted by Crippen LogP contribution is -2.31. The number of nitrogens with one attached hydrogen (secondary N) is 1. The van der Waals surface area contributed by atoms with Crippen molar-refractivity contribution < 1.29 is 4.79 Å². The monoisotopic (exact) mass is 367 g/mol. The second kappa shape index (κ2) is 8.19. The summed E-state index contributed by atoms with van der Waals surface area (Å²) in [5, 5.41) is 8.15. The van der Waals surface area contributed by atoms with Crippen molar-refractivity contribution in [2.24, 2.45) is 0 Å². The van der Waals surface area contributed by atoms with Gasteiger partial charge in [-0.2, -0.15) is 5.10 Å². The van der Waals surface area contributed by atoms with E-state index in [0.29, 0.717) is 10.6 Å². The lowest BCUT2D eigenvalue weighted by molar-refractivity contribution is 0.0764. The van der Waals surface area contributed by atoms with Crippen LogP contribution >= 0.6 is 11.6 Å². The second-order valence-corrected chi connectivity index (χ2v) is 6.57. The average molecular weight is 368 g/mol. The zero-order chi connectivity index (χ0) is 18.5. The molecule has 5 heteroatoms. The molecule has 134 valence electrons. The average Bonchev–Trinajstić information content (AvgIpc) is 3.16. The quantitative estimate of drug-likeness (QED) is 0.645. The third-order valence-corrected chi connectivity index (χ3v) is 4.58. The van der Waals surface area contributed by atoms with Crippen molar-refractivity contribution in [3.8, 4) is 22.5 Å². The molecule has 0 aliphatic carbocycles. The van der Waals surface area contributed by atoms with Gasteiger partial charge in [-0.05, 0) is 49.2 Å². The number of aromatic nitrogens is 2. The van der Waals surface area contributed by atoms with E-state index >= 15 is 0 Å². The molecule has 4 nitrogen and oxygen atoms in total. The van der Waals surface area contributed by atoms with Crippen molar-refractivity contribution in [2.45, 2.75) is 20.3 Å². The maximum Gasteiger partial charge on any atom is 0.253 e. The summed E-state index contributed by atoms with van der Waals surface area (Å²) < 4.78 is 0.